The van der Waals surface area contributed by atoms with Gasteiger partial charge in [-0.25, -0.2) is 0 Å². The van der Waals surface area contributed by atoms with Crippen molar-refractivity contribution in [2.24, 2.45) is 0 Å². The summed E-state index contributed by atoms with van der Waals surface area (Å²) in [4.78, 5) is 0. The summed E-state index contributed by atoms with van der Waals surface area (Å²) < 4.78 is 0. The molecule has 0 amide bonds. The van der Waals surface area contributed by atoms with Gasteiger partial charge in [-0.05, 0) is 30.5 Å². The second kappa shape index (κ2) is 7.37. The van der Waals surface area contributed by atoms with E-state index in [0.717, 1.165) is 24.3 Å². The van der Waals surface area contributed by atoms with Crippen LogP contribution in [0, 0.1) is 12.3 Å². The normalized spacial score (nSPS) is 14.0. The molecule has 1 aromatic rings. The molecule has 0 aliphatic rings. The summed E-state index contributed by atoms with van der Waals surface area (Å²) >= 11 is 5.90. The molecule has 17 heavy (non-hydrogen) atoms. The number of benzene rings is 1. The summed E-state index contributed by atoms with van der Waals surface area (Å²) in [6, 6.07) is 8.76. The predicted octanol–water partition coefficient (Wildman–Crippen LogP) is 4.18. The largest absolute Gasteiger partial charge is 0.306 e. The molecule has 2 heteroatoms. The average Bonchev–Trinajstić information content (AvgIpc) is 2.36. The van der Waals surface area contributed by atoms with E-state index in [9.17, 15) is 0 Å². The van der Waals surface area contributed by atoms with Gasteiger partial charge in [0.15, 0.2) is 0 Å². The molecule has 1 aromatic carbocycles. The molecule has 0 spiro atoms. The summed E-state index contributed by atoms with van der Waals surface area (Å²) in [6.07, 6.45) is 8.25. The van der Waals surface area contributed by atoms with E-state index in [1.807, 2.05) is 12.1 Å². The first-order chi connectivity index (χ1) is 8.21. The van der Waals surface area contributed by atoms with Crippen molar-refractivity contribution in [3.8, 4) is 12.3 Å². The Bertz CT molecular complexity index is 364. The number of halogens is 1. The van der Waals surface area contributed by atoms with Gasteiger partial charge < -0.3 is 5.32 Å². The topological polar surface area (TPSA) is 12.0 Å². The number of hydrogen-bond acceptors (Lipinski definition) is 1. The minimum Gasteiger partial charge on any atom is -0.306 e. The third-order valence-electron chi connectivity index (χ3n) is 2.97. The van der Waals surface area contributed by atoms with Gasteiger partial charge in [0.2, 0.25) is 0 Å². The SMILES string of the molecule is C#CCC(CC)NC(CC)c1ccc(Cl)cc1. The Morgan fingerprint density at radius 1 is 1.24 bits per heavy atom. The van der Waals surface area contributed by atoms with Crippen LogP contribution in [0.2, 0.25) is 5.02 Å². The molecule has 0 aliphatic carbocycles. The van der Waals surface area contributed by atoms with Gasteiger partial charge in [-0.3, -0.25) is 0 Å². The number of terminal acetylenes is 1. The lowest BCUT2D eigenvalue weighted by molar-refractivity contribution is 0.421. The zero-order valence-corrected chi connectivity index (χ0v) is 11.3. The molecule has 1 nitrogen and oxygen atoms in total. The van der Waals surface area contributed by atoms with E-state index in [1.165, 1.54) is 5.56 Å². The maximum absolute atomic E-state index is 5.90. The van der Waals surface area contributed by atoms with Crippen LogP contribution in [0.25, 0.3) is 0 Å². The Hall–Kier alpha value is -0.970. The highest BCUT2D eigenvalue weighted by Crippen LogP contribution is 2.20. The summed E-state index contributed by atoms with van der Waals surface area (Å²) in [6.45, 7) is 4.33. The summed E-state index contributed by atoms with van der Waals surface area (Å²) in [5.74, 6) is 2.73. The van der Waals surface area contributed by atoms with E-state index in [1.54, 1.807) is 0 Å². The van der Waals surface area contributed by atoms with Crippen molar-refractivity contribution in [2.45, 2.75) is 45.2 Å². The quantitative estimate of drug-likeness (QED) is 0.746. The maximum atomic E-state index is 5.90. The zero-order chi connectivity index (χ0) is 12.7. The zero-order valence-electron chi connectivity index (χ0n) is 10.5. The van der Waals surface area contributed by atoms with E-state index >= 15 is 0 Å². The van der Waals surface area contributed by atoms with Crippen LogP contribution < -0.4 is 5.32 Å². The first-order valence-electron chi connectivity index (χ1n) is 6.16. The fourth-order valence-electron chi connectivity index (χ4n) is 1.89. The van der Waals surface area contributed by atoms with E-state index in [4.69, 9.17) is 18.0 Å². The highest BCUT2D eigenvalue weighted by molar-refractivity contribution is 6.30. The van der Waals surface area contributed by atoms with Crippen molar-refractivity contribution >= 4 is 11.6 Å². The van der Waals surface area contributed by atoms with Crippen LogP contribution in [0.4, 0.5) is 0 Å². The Morgan fingerprint density at radius 3 is 2.35 bits per heavy atom. The van der Waals surface area contributed by atoms with Crippen LogP contribution in [-0.2, 0) is 0 Å². The van der Waals surface area contributed by atoms with Gasteiger partial charge >= 0.3 is 0 Å². The highest BCUT2D eigenvalue weighted by Gasteiger charge is 2.13. The fraction of sp³-hybridized carbons (Fsp3) is 0.467. The molecule has 0 heterocycles. The fourth-order valence-corrected chi connectivity index (χ4v) is 2.02. The van der Waals surface area contributed by atoms with Crippen molar-refractivity contribution in [3.63, 3.8) is 0 Å². The Balaban J connectivity index is 2.71. The minimum atomic E-state index is 0.352. The maximum Gasteiger partial charge on any atom is 0.0406 e. The monoisotopic (exact) mass is 249 g/mol. The summed E-state index contributed by atoms with van der Waals surface area (Å²) in [5.41, 5.74) is 1.27. The number of hydrogen-bond donors (Lipinski definition) is 1. The molecule has 0 aliphatic heterocycles. The van der Waals surface area contributed by atoms with Crippen LogP contribution in [0.15, 0.2) is 24.3 Å². The van der Waals surface area contributed by atoms with Crippen molar-refractivity contribution in [1.82, 2.24) is 5.32 Å². The first-order valence-corrected chi connectivity index (χ1v) is 6.54. The van der Waals surface area contributed by atoms with E-state index in [-0.39, 0.29) is 0 Å². The molecule has 2 unspecified atom stereocenters. The lowest BCUT2D eigenvalue weighted by Gasteiger charge is -2.23. The molecule has 0 saturated carbocycles. The lowest BCUT2D eigenvalue weighted by atomic mass is 10.0. The van der Waals surface area contributed by atoms with Crippen LogP contribution in [-0.4, -0.2) is 6.04 Å². The molecule has 2 atom stereocenters. The molecular weight excluding hydrogens is 230 g/mol. The smallest absolute Gasteiger partial charge is 0.0406 e. The summed E-state index contributed by atoms with van der Waals surface area (Å²) in [7, 11) is 0. The van der Waals surface area contributed by atoms with Gasteiger partial charge in [0.05, 0.1) is 0 Å². The molecule has 0 bridgehead atoms. The standard InChI is InChI=1S/C15H20ClN/c1-4-7-14(5-2)17-15(6-3)12-8-10-13(16)11-9-12/h1,8-11,14-15,17H,5-7H2,2-3H3. The number of rotatable bonds is 6. The second-order valence-corrected chi connectivity index (χ2v) is 4.63. The third-order valence-corrected chi connectivity index (χ3v) is 3.23. The van der Waals surface area contributed by atoms with Crippen LogP contribution in [0.3, 0.4) is 0 Å². The molecule has 0 radical (unpaired) electrons. The molecular formula is C15H20ClN. The Labute approximate surface area is 110 Å². The van der Waals surface area contributed by atoms with Gasteiger partial charge in [0.1, 0.15) is 0 Å². The Morgan fingerprint density at radius 2 is 1.88 bits per heavy atom. The summed E-state index contributed by atoms with van der Waals surface area (Å²) in [5, 5.41) is 4.38. The average molecular weight is 250 g/mol. The third kappa shape index (κ3) is 4.42. The predicted molar refractivity (Wildman–Crippen MR) is 75.1 cm³/mol. The van der Waals surface area contributed by atoms with Crippen molar-refractivity contribution in [2.75, 3.05) is 0 Å². The molecule has 0 aromatic heterocycles. The van der Waals surface area contributed by atoms with Gasteiger partial charge in [-0.1, -0.05) is 37.6 Å². The van der Waals surface area contributed by atoms with Gasteiger partial charge in [0.25, 0.3) is 0 Å². The minimum absolute atomic E-state index is 0.352. The van der Waals surface area contributed by atoms with Crippen LogP contribution in [0.1, 0.15) is 44.7 Å². The van der Waals surface area contributed by atoms with Gasteiger partial charge in [0, 0.05) is 23.5 Å². The van der Waals surface area contributed by atoms with E-state index in [2.05, 4.69) is 37.2 Å². The van der Waals surface area contributed by atoms with Crippen molar-refractivity contribution in [1.29, 1.82) is 0 Å². The molecule has 92 valence electrons. The molecule has 0 saturated heterocycles. The van der Waals surface area contributed by atoms with Crippen LogP contribution >= 0.6 is 11.6 Å². The van der Waals surface area contributed by atoms with Crippen LogP contribution in [0.5, 0.6) is 0 Å². The van der Waals surface area contributed by atoms with Gasteiger partial charge in [-0.15, -0.1) is 12.3 Å². The molecule has 1 N–H and O–H groups in total. The van der Waals surface area contributed by atoms with Crippen molar-refractivity contribution < 1.29 is 0 Å². The van der Waals surface area contributed by atoms with Gasteiger partial charge in [-0.2, -0.15) is 0 Å². The lowest BCUT2D eigenvalue weighted by Crippen LogP contribution is -2.31. The van der Waals surface area contributed by atoms with E-state index < -0.39 is 0 Å². The van der Waals surface area contributed by atoms with E-state index in [0.29, 0.717) is 12.1 Å². The Kier molecular flexibility index (Phi) is 6.11. The first kappa shape index (κ1) is 14.1. The number of nitrogens with one attached hydrogen (secondary N) is 1. The molecule has 1 rings (SSSR count). The highest BCUT2D eigenvalue weighted by atomic mass is 35.5. The van der Waals surface area contributed by atoms with Crippen molar-refractivity contribution in [3.05, 3.63) is 34.9 Å². The molecule has 0 fully saturated rings. The second-order valence-electron chi connectivity index (χ2n) is 4.19.